The Bertz CT molecular complexity index is 1580. The number of alkyl halides is 2. The summed E-state index contributed by atoms with van der Waals surface area (Å²) in [6.07, 6.45) is 1.87. The number of aromatic hydroxyl groups is 1. The van der Waals surface area contributed by atoms with Crippen LogP contribution < -0.4 is 10.3 Å². The normalized spacial score (nSPS) is 11.9. The van der Waals surface area contributed by atoms with E-state index in [-0.39, 0.29) is 22.8 Å². The van der Waals surface area contributed by atoms with Crippen molar-refractivity contribution in [3.8, 4) is 28.4 Å². The number of halogens is 2. The van der Waals surface area contributed by atoms with Crippen LogP contribution in [0.4, 0.5) is 8.78 Å². The number of hydrogen-bond acceptors (Lipinski definition) is 5. The van der Waals surface area contributed by atoms with E-state index < -0.39 is 12.5 Å². The van der Waals surface area contributed by atoms with Gasteiger partial charge in [0.25, 0.3) is 11.5 Å². The first-order valence-electron chi connectivity index (χ1n) is 10.5. The zero-order valence-corrected chi connectivity index (χ0v) is 18.4. The number of hydrogen-bond donors (Lipinski definition) is 1. The Hall–Kier alpha value is -4.27. The quantitative estimate of drug-likeness (QED) is 0.410. The molecule has 172 valence electrons. The third-order valence-corrected chi connectivity index (χ3v) is 5.34. The van der Waals surface area contributed by atoms with Crippen molar-refractivity contribution in [1.82, 2.24) is 19.3 Å². The molecule has 0 radical (unpaired) electrons. The minimum Gasteiger partial charge on any atom is -0.508 e. The molecule has 34 heavy (non-hydrogen) atoms. The van der Waals surface area contributed by atoms with E-state index in [0.29, 0.717) is 22.2 Å². The molecule has 0 amide bonds. The van der Waals surface area contributed by atoms with Gasteiger partial charge in [-0.25, -0.2) is 8.78 Å². The lowest BCUT2D eigenvalue weighted by Gasteiger charge is -2.15. The van der Waals surface area contributed by atoms with Gasteiger partial charge in [-0.2, -0.15) is 10.1 Å². The number of benzene rings is 2. The molecular weight excluding hydrogens is 442 g/mol. The number of rotatable bonds is 5. The summed E-state index contributed by atoms with van der Waals surface area (Å²) in [6.45, 7) is -0.0794. The van der Waals surface area contributed by atoms with Crippen molar-refractivity contribution in [1.29, 1.82) is 0 Å². The average molecular weight is 462 g/mol. The van der Waals surface area contributed by atoms with Gasteiger partial charge in [-0.15, -0.1) is 0 Å². The molecule has 5 rings (SSSR count). The van der Waals surface area contributed by atoms with Crippen LogP contribution in [0.3, 0.4) is 0 Å². The highest BCUT2D eigenvalue weighted by Gasteiger charge is 2.23. The van der Waals surface area contributed by atoms with Crippen molar-refractivity contribution in [2.24, 2.45) is 7.05 Å². The number of phenolic OH excluding ortho intramolecular Hbond substituents is 1. The van der Waals surface area contributed by atoms with Gasteiger partial charge >= 0.3 is 0 Å². The van der Waals surface area contributed by atoms with E-state index in [1.807, 2.05) is 31.4 Å². The average Bonchev–Trinajstić information content (AvgIpc) is 3.17. The highest BCUT2D eigenvalue weighted by atomic mass is 19.3. The molecule has 0 bridgehead atoms. The number of aryl methyl sites for hydroxylation is 1. The minimum absolute atomic E-state index is 0.0227. The van der Waals surface area contributed by atoms with Gasteiger partial charge in [-0.3, -0.25) is 14.0 Å². The van der Waals surface area contributed by atoms with Gasteiger partial charge in [0, 0.05) is 42.6 Å². The predicted octanol–water partition coefficient (Wildman–Crippen LogP) is 4.68. The van der Waals surface area contributed by atoms with Crippen LogP contribution in [0.15, 0.2) is 71.7 Å². The predicted molar refractivity (Wildman–Crippen MR) is 125 cm³/mol. The number of pyridine rings is 2. The van der Waals surface area contributed by atoms with Crippen molar-refractivity contribution in [3.63, 3.8) is 0 Å². The van der Waals surface area contributed by atoms with Crippen LogP contribution in [-0.2, 0) is 7.05 Å². The zero-order valence-electron chi connectivity index (χ0n) is 18.4. The van der Waals surface area contributed by atoms with Crippen LogP contribution in [0.25, 0.3) is 38.8 Å². The van der Waals surface area contributed by atoms with Gasteiger partial charge in [0.05, 0.1) is 11.2 Å². The molecule has 0 spiro atoms. The van der Waals surface area contributed by atoms with Gasteiger partial charge in [0.1, 0.15) is 5.75 Å². The summed E-state index contributed by atoms with van der Waals surface area (Å²) in [6, 6.07) is 16.5. The van der Waals surface area contributed by atoms with E-state index in [1.54, 1.807) is 28.9 Å². The molecule has 1 N–H and O–H groups in total. The molecule has 0 saturated heterocycles. The molecule has 5 aromatic rings. The third kappa shape index (κ3) is 4.07. The first-order chi connectivity index (χ1) is 16.2. The Balaban J connectivity index is 1.73. The Morgan fingerprint density at radius 1 is 1.03 bits per heavy atom. The highest BCUT2D eigenvalue weighted by Crippen LogP contribution is 2.27. The Morgan fingerprint density at radius 3 is 2.53 bits per heavy atom. The summed E-state index contributed by atoms with van der Waals surface area (Å²) in [4.78, 5) is 18.1. The van der Waals surface area contributed by atoms with Crippen molar-refractivity contribution in [2.75, 3.05) is 6.61 Å². The molecular formula is C25H20F2N4O3. The van der Waals surface area contributed by atoms with Crippen molar-refractivity contribution < 1.29 is 18.6 Å². The molecule has 2 aromatic carbocycles. The Kier molecular flexibility index (Phi) is 5.04. The number of nitrogens with zero attached hydrogens (tertiary/aromatic N) is 4. The molecule has 3 heterocycles. The molecule has 0 aliphatic heterocycles. The van der Waals surface area contributed by atoms with Crippen LogP contribution in [0.5, 0.6) is 11.6 Å². The maximum absolute atomic E-state index is 13.7. The largest absolute Gasteiger partial charge is 0.508 e. The molecule has 0 unspecified atom stereocenters. The smallest absolute Gasteiger partial charge is 0.278 e. The Morgan fingerprint density at radius 2 is 1.79 bits per heavy atom. The van der Waals surface area contributed by atoms with Crippen LogP contribution in [0.1, 0.15) is 6.92 Å². The van der Waals surface area contributed by atoms with Gasteiger partial charge in [-0.05, 0) is 54.1 Å². The van der Waals surface area contributed by atoms with E-state index >= 15 is 0 Å². The monoisotopic (exact) mass is 462 g/mol. The van der Waals surface area contributed by atoms with E-state index in [2.05, 4.69) is 10.1 Å². The lowest BCUT2D eigenvalue weighted by Crippen LogP contribution is -2.23. The molecule has 0 fully saturated rings. The molecule has 0 atom stereocenters. The van der Waals surface area contributed by atoms with Crippen LogP contribution in [-0.4, -0.2) is 37.0 Å². The number of fused-ring (bicyclic) bond motifs is 2. The maximum Gasteiger partial charge on any atom is 0.278 e. The van der Waals surface area contributed by atoms with Gasteiger partial charge in [0.2, 0.25) is 5.88 Å². The SMILES string of the molecule is Cn1cc2cc(-c3cc4ccc(OCC(C)(F)F)nc4n(-c4ccc(O)cc4)c3=O)ccc2n1. The highest BCUT2D eigenvalue weighted by molar-refractivity contribution is 5.88. The standard InChI is InChI=1S/C25H20F2N4O3/c1-25(26,27)14-34-22-10-4-16-12-20(15-3-9-21-17(11-15)13-30(2)29-21)24(33)31(23(16)28-22)18-5-7-19(32)8-6-18/h3-13,32H,14H2,1-2H3. The van der Waals surface area contributed by atoms with Gasteiger partial charge < -0.3 is 9.84 Å². The fourth-order valence-corrected chi connectivity index (χ4v) is 3.81. The van der Waals surface area contributed by atoms with E-state index in [9.17, 15) is 18.7 Å². The molecule has 3 aromatic heterocycles. The second-order valence-electron chi connectivity index (χ2n) is 8.21. The number of aromatic nitrogens is 4. The van der Waals surface area contributed by atoms with Crippen LogP contribution in [0, 0.1) is 0 Å². The second kappa shape index (κ2) is 7.95. The van der Waals surface area contributed by atoms with Gasteiger partial charge in [0.15, 0.2) is 12.3 Å². The van der Waals surface area contributed by atoms with E-state index in [0.717, 1.165) is 17.8 Å². The fourth-order valence-electron chi connectivity index (χ4n) is 3.81. The van der Waals surface area contributed by atoms with Crippen LogP contribution >= 0.6 is 0 Å². The van der Waals surface area contributed by atoms with Crippen molar-refractivity contribution in [2.45, 2.75) is 12.8 Å². The molecule has 0 saturated carbocycles. The van der Waals surface area contributed by atoms with Crippen LogP contribution in [0.2, 0.25) is 0 Å². The number of ether oxygens (including phenoxy) is 1. The maximum atomic E-state index is 13.7. The molecule has 0 aliphatic carbocycles. The van der Waals surface area contributed by atoms with E-state index in [4.69, 9.17) is 4.74 Å². The van der Waals surface area contributed by atoms with Crippen molar-refractivity contribution in [3.05, 3.63) is 77.2 Å². The van der Waals surface area contributed by atoms with Crippen molar-refractivity contribution >= 4 is 21.9 Å². The third-order valence-electron chi connectivity index (χ3n) is 5.34. The zero-order chi connectivity index (χ0) is 24.0. The van der Waals surface area contributed by atoms with Gasteiger partial charge in [-0.1, -0.05) is 6.07 Å². The Labute approximate surface area is 192 Å². The summed E-state index contributed by atoms with van der Waals surface area (Å²) in [5.74, 6) is -3.01. The first-order valence-corrected chi connectivity index (χ1v) is 10.5. The topological polar surface area (TPSA) is 82.2 Å². The summed E-state index contributed by atoms with van der Waals surface area (Å²) >= 11 is 0. The summed E-state index contributed by atoms with van der Waals surface area (Å²) in [5, 5.41) is 15.6. The molecule has 0 aliphatic rings. The summed E-state index contributed by atoms with van der Waals surface area (Å²) in [5.41, 5.74) is 2.29. The lowest BCUT2D eigenvalue weighted by atomic mass is 10.0. The number of phenols is 1. The second-order valence-corrected chi connectivity index (χ2v) is 8.21. The molecule has 7 nitrogen and oxygen atoms in total. The first kappa shape index (κ1) is 21.6. The van der Waals surface area contributed by atoms with E-state index in [1.165, 1.54) is 22.8 Å². The summed E-state index contributed by atoms with van der Waals surface area (Å²) in [7, 11) is 1.83. The summed E-state index contributed by atoms with van der Waals surface area (Å²) < 4.78 is 34.8. The fraction of sp³-hybridized carbons (Fsp3) is 0.160. The lowest BCUT2D eigenvalue weighted by molar-refractivity contribution is -0.0241. The molecule has 9 heteroatoms. The minimum atomic E-state index is -3.03.